The molecule has 0 saturated carbocycles. The van der Waals surface area contributed by atoms with E-state index in [1.165, 1.54) is 17.4 Å². The van der Waals surface area contributed by atoms with E-state index in [4.69, 9.17) is 4.98 Å². The fraction of sp³-hybridized carbons (Fsp3) is 0.450. The van der Waals surface area contributed by atoms with Crippen LogP contribution in [0.15, 0.2) is 24.5 Å². The van der Waals surface area contributed by atoms with Gasteiger partial charge >= 0.3 is 0 Å². The van der Waals surface area contributed by atoms with Gasteiger partial charge in [-0.1, -0.05) is 25.2 Å². The van der Waals surface area contributed by atoms with Crippen molar-refractivity contribution in [1.82, 2.24) is 29.7 Å². The Bertz CT molecular complexity index is 1090. The van der Waals surface area contributed by atoms with Gasteiger partial charge in [0, 0.05) is 35.7 Å². The molecule has 1 N–H and O–H groups in total. The Morgan fingerprint density at radius 2 is 1.90 bits per heavy atom. The quantitative estimate of drug-likeness (QED) is 0.520. The van der Waals surface area contributed by atoms with Crippen LogP contribution >= 0.6 is 11.3 Å². The molecule has 1 aliphatic rings. The number of fused-ring (bicyclic) bond motifs is 2. The van der Waals surface area contributed by atoms with E-state index < -0.39 is 6.43 Å². The van der Waals surface area contributed by atoms with Crippen LogP contribution in [0, 0.1) is 0 Å². The summed E-state index contributed by atoms with van der Waals surface area (Å²) in [5.41, 5.74) is 2.01. The minimum Gasteiger partial charge on any atom is -0.317 e. The maximum absolute atomic E-state index is 13.5. The Labute approximate surface area is 171 Å². The predicted molar refractivity (Wildman–Crippen MR) is 112 cm³/mol. The number of rotatable bonds is 3. The van der Waals surface area contributed by atoms with Gasteiger partial charge in [0.15, 0.2) is 0 Å². The Morgan fingerprint density at radius 3 is 2.59 bits per heavy atom. The van der Waals surface area contributed by atoms with Crippen molar-refractivity contribution >= 4 is 27.2 Å². The van der Waals surface area contributed by atoms with Crippen LogP contribution in [0.2, 0.25) is 0 Å². The zero-order chi connectivity index (χ0) is 20.5. The standard InChI is InChI=1S/C18H18F2N6S.C2H6/c1-25-8-12-6-11(7-13(16(19)20)15(12)23-25)17-24-26-9-14(22-18(26)27-17)10-2-4-21-5-3-10;1-2/h6-10,16,21H,2-5H2,1H3;1-2H3. The molecule has 1 saturated heterocycles. The molecule has 1 aliphatic heterocycles. The van der Waals surface area contributed by atoms with Crippen LogP contribution in [0.3, 0.4) is 0 Å². The van der Waals surface area contributed by atoms with E-state index in [0.29, 0.717) is 27.4 Å². The lowest BCUT2D eigenvalue weighted by atomic mass is 9.95. The highest BCUT2D eigenvalue weighted by atomic mass is 32.1. The maximum atomic E-state index is 13.5. The van der Waals surface area contributed by atoms with Gasteiger partial charge in [0.25, 0.3) is 6.43 Å². The van der Waals surface area contributed by atoms with Gasteiger partial charge in [0.05, 0.1) is 11.9 Å². The van der Waals surface area contributed by atoms with Crippen molar-refractivity contribution in [2.75, 3.05) is 13.1 Å². The first-order chi connectivity index (χ1) is 14.1. The summed E-state index contributed by atoms with van der Waals surface area (Å²) in [5, 5.41) is 13.5. The van der Waals surface area contributed by atoms with E-state index in [2.05, 4.69) is 15.5 Å². The third-order valence-corrected chi connectivity index (χ3v) is 6.03. The maximum Gasteiger partial charge on any atom is 0.266 e. The third kappa shape index (κ3) is 3.76. The average Bonchev–Trinajstić information content (AvgIpc) is 3.41. The summed E-state index contributed by atoms with van der Waals surface area (Å²) in [6.45, 7) is 6.02. The highest BCUT2D eigenvalue weighted by molar-refractivity contribution is 7.19. The first-order valence-corrected chi connectivity index (χ1v) is 10.7. The van der Waals surface area contributed by atoms with Gasteiger partial charge in [-0.25, -0.2) is 18.3 Å². The molecular formula is C20H24F2N6S. The van der Waals surface area contributed by atoms with Crippen molar-refractivity contribution in [3.05, 3.63) is 35.8 Å². The van der Waals surface area contributed by atoms with E-state index in [0.717, 1.165) is 36.6 Å². The minimum absolute atomic E-state index is 0.0636. The summed E-state index contributed by atoms with van der Waals surface area (Å²) in [6.07, 6.45) is 3.29. The second-order valence-electron chi connectivity index (χ2n) is 6.93. The highest BCUT2D eigenvalue weighted by Gasteiger charge is 2.21. The number of hydrogen-bond donors (Lipinski definition) is 1. The molecule has 29 heavy (non-hydrogen) atoms. The molecule has 1 aromatic carbocycles. The van der Waals surface area contributed by atoms with Crippen molar-refractivity contribution in [1.29, 1.82) is 0 Å². The first-order valence-electron chi connectivity index (χ1n) is 9.91. The van der Waals surface area contributed by atoms with E-state index in [1.54, 1.807) is 22.4 Å². The minimum atomic E-state index is -2.59. The molecule has 6 nitrogen and oxygen atoms in total. The van der Waals surface area contributed by atoms with Crippen LogP contribution in [0.5, 0.6) is 0 Å². The second-order valence-corrected chi connectivity index (χ2v) is 7.89. The van der Waals surface area contributed by atoms with Crippen molar-refractivity contribution in [2.45, 2.75) is 39.0 Å². The van der Waals surface area contributed by atoms with Crippen LogP contribution in [0.4, 0.5) is 8.78 Å². The number of imidazole rings is 1. The summed E-state index contributed by atoms with van der Waals surface area (Å²) in [4.78, 5) is 5.53. The lowest BCUT2D eigenvalue weighted by molar-refractivity contribution is 0.153. The first kappa shape index (κ1) is 19.9. The van der Waals surface area contributed by atoms with Gasteiger partial charge in [-0.15, -0.1) is 0 Å². The molecule has 4 aromatic rings. The van der Waals surface area contributed by atoms with Gasteiger partial charge in [-0.2, -0.15) is 10.2 Å². The molecule has 3 aromatic heterocycles. The number of halogens is 2. The molecule has 0 aliphatic carbocycles. The number of nitrogens with one attached hydrogen (secondary N) is 1. The van der Waals surface area contributed by atoms with Crippen molar-refractivity contribution in [2.24, 2.45) is 7.05 Å². The molecule has 0 unspecified atom stereocenters. The molecule has 5 rings (SSSR count). The SMILES string of the molecule is CC.Cn1cc2cc(-c3nn4cc(C5CCNCC5)nc4s3)cc(C(F)F)c2n1. The lowest BCUT2D eigenvalue weighted by Gasteiger charge is -2.20. The summed E-state index contributed by atoms with van der Waals surface area (Å²) < 4.78 is 30.4. The van der Waals surface area contributed by atoms with Crippen LogP contribution in [-0.2, 0) is 7.05 Å². The number of benzene rings is 1. The number of nitrogens with zero attached hydrogens (tertiary/aromatic N) is 5. The molecule has 4 heterocycles. The Morgan fingerprint density at radius 1 is 1.14 bits per heavy atom. The molecule has 0 spiro atoms. The molecule has 0 bridgehead atoms. The monoisotopic (exact) mass is 418 g/mol. The van der Waals surface area contributed by atoms with E-state index >= 15 is 0 Å². The smallest absolute Gasteiger partial charge is 0.266 e. The van der Waals surface area contributed by atoms with Gasteiger partial charge in [-0.05, 0) is 38.1 Å². The number of alkyl halides is 2. The third-order valence-electron chi connectivity index (χ3n) is 5.05. The molecule has 0 atom stereocenters. The highest BCUT2D eigenvalue weighted by Crippen LogP contribution is 2.35. The van der Waals surface area contributed by atoms with Gasteiger partial charge < -0.3 is 5.32 Å². The van der Waals surface area contributed by atoms with E-state index in [-0.39, 0.29) is 5.56 Å². The summed E-state index contributed by atoms with van der Waals surface area (Å²) in [7, 11) is 1.73. The Kier molecular flexibility index (Phi) is 5.60. The molecule has 0 amide bonds. The molecule has 9 heteroatoms. The molecule has 154 valence electrons. The largest absolute Gasteiger partial charge is 0.317 e. The van der Waals surface area contributed by atoms with Gasteiger partial charge in [-0.3, -0.25) is 4.68 Å². The average molecular weight is 419 g/mol. The van der Waals surface area contributed by atoms with Crippen molar-refractivity contribution in [3.63, 3.8) is 0 Å². The van der Waals surface area contributed by atoms with Crippen molar-refractivity contribution in [3.8, 4) is 10.6 Å². The molecule has 0 radical (unpaired) electrons. The Hall–Kier alpha value is -2.39. The normalized spacial score (nSPS) is 15.2. The summed E-state index contributed by atoms with van der Waals surface area (Å²) in [5.74, 6) is 0.459. The zero-order valence-corrected chi connectivity index (χ0v) is 17.5. The molecule has 1 fully saturated rings. The Balaban J connectivity index is 0.000000994. The fourth-order valence-corrected chi connectivity index (χ4v) is 4.60. The second kappa shape index (κ2) is 8.16. The number of aryl methyl sites for hydroxylation is 1. The van der Waals surface area contributed by atoms with Gasteiger partial charge in [0.1, 0.15) is 10.5 Å². The number of aromatic nitrogens is 5. The summed E-state index contributed by atoms with van der Waals surface area (Å²) >= 11 is 1.42. The molecular weight excluding hydrogens is 394 g/mol. The fourth-order valence-electron chi connectivity index (χ4n) is 3.72. The van der Waals surface area contributed by atoms with E-state index in [1.807, 2.05) is 26.1 Å². The number of hydrogen-bond acceptors (Lipinski definition) is 5. The zero-order valence-electron chi connectivity index (χ0n) is 16.7. The van der Waals surface area contributed by atoms with Crippen LogP contribution in [-0.4, -0.2) is 37.5 Å². The number of piperidine rings is 1. The topological polar surface area (TPSA) is 60.0 Å². The van der Waals surface area contributed by atoms with Crippen LogP contribution < -0.4 is 5.32 Å². The van der Waals surface area contributed by atoms with Crippen LogP contribution in [0.25, 0.3) is 26.4 Å². The predicted octanol–water partition coefficient (Wildman–Crippen LogP) is 4.78. The van der Waals surface area contributed by atoms with E-state index in [9.17, 15) is 8.78 Å². The summed E-state index contributed by atoms with van der Waals surface area (Å²) in [6, 6.07) is 3.35. The van der Waals surface area contributed by atoms with Crippen molar-refractivity contribution < 1.29 is 8.78 Å². The van der Waals surface area contributed by atoms with Gasteiger partial charge in [0.2, 0.25) is 4.96 Å². The van der Waals surface area contributed by atoms with Crippen LogP contribution in [0.1, 0.15) is 50.3 Å². The lowest BCUT2D eigenvalue weighted by Crippen LogP contribution is -2.26.